The van der Waals surface area contributed by atoms with E-state index in [0.29, 0.717) is 5.56 Å². The molecule has 0 aliphatic heterocycles. The van der Waals surface area contributed by atoms with Gasteiger partial charge in [0.15, 0.2) is 11.5 Å². The molecule has 0 atom stereocenters. The lowest BCUT2D eigenvalue weighted by atomic mass is 10.3. The molecule has 3 aromatic rings. The normalized spacial score (nSPS) is 10.3. The Morgan fingerprint density at radius 2 is 2.00 bits per heavy atom. The van der Waals surface area contributed by atoms with Gasteiger partial charge in [-0.1, -0.05) is 0 Å². The Bertz CT molecular complexity index is 962. The maximum atomic E-state index is 12.4. The Labute approximate surface area is 144 Å². The van der Waals surface area contributed by atoms with E-state index in [1.165, 1.54) is 10.9 Å². The fourth-order valence-corrected chi connectivity index (χ4v) is 2.40. The molecule has 0 saturated heterocycles. The zero-order valence-electron chi connectivity index (χ0n) is 14.0. The SMILES string of the molecule is COc1ccc(-n2nc(C(=O)Nc3nn(C)cc3C#N)cc2C)cc1. The fourth-order valence-electron chi connectivity index (χ4n) is 2.40. The topological polar surface area (TPSA) is 97.8 Å². The number of anilines is 1. The van der Waals surface area contributed by atoms with Gasteiger partial charge in [0.05, 0.1) is 12.8 Å². The summed E-state index contributed by atoms with van der Waals surface area (Å²) in [6, 6.07) is 11.0. The first-order valence-corrected chi connectivity index (χ1v) is 7.48. The number of hydrogen-bond donors (Lipinski definition) is 1. The second-order valence-electron chi connectivity index (χ2n) is 5.41. The number of nitrogens with one attached hydrogen (secondary N) is 1. The number of aromatic nitrogens is 4. The first-order chi connectivity index (χ1) is 12.0. The predicted molar refractivity (Wildman–Crippen MR) is 90.7 cm³/mol. The molecule has 1 N–H and O–H groups in total. The largest absolute Gasteiger partial charge is 0.497 e. The molecule has 1 aromatic carbocycles. The number of carbonyl (C=O) groups is 1. The molecule has 0 radical (unpaired) electrons. The van der Waals surface area contributed by atoms with E-state index in [0.717, 1.165) is 17.1 Å². The molecule has 0 spiro atoms. The van der Waals surface area contributed by atoms with E-state index >= 15 is 0 Å². The second kappa shape index (κ2) is 6.49. The summed E-state index contributed by atoms with van der Waals surface area (Å²) in [6.07, 6.45) is 1.54. The van der Waals surface area contributed by atoms with Crippen LogP contribution in [-0.4, -0.2) is 32.6 Å². The predicted octanol–water partition coefficient (Wildman–Crippen LogP) is 2.05. The summed E-state index contributed by atoms with van der Waals surface area (Å²) in [7, 11) is 3.28. The number of amides is 1. The lowest BCUT2D eigenvalue weighted by Crippen LogP contribution is -2.14. The molecular weight excluding hydrogens is 320 g/mol. The molecule has 0 bridgehead atoms. The van der Waals surface area contributed by atoms with Crippen LogP contribution < -0.4 is 10.1 Å². The van der Waals surface area contributed by atoms with Gasteiger partial charge in [0, 0.05) is 18.9 Å². The smallest absolute Gasteiger partial charge is 0.277 e. The minimum absolute atomic E-state index is 0.214. The van der Waals surface area contributed by atoms with Crippen LogP contribution in [0.3, 0.4) is 0 Å². The van der Waals surface area contributed by atoms with Crippen LogP contribution in [0.15, 0.2) is 36.5 Å². The van der Waals surface area contributed by atoms with Gasteiger partial charge in [0.1, 0.15) is 17.4 Å². The van der Waals surface area contributed by atoms with Crippen molar-refractivity contribution in [1.29, 1.82) is 5.26 Å². The molecule has 0 fully saturated rings. The molecule has 1 amide bonds. The summed E-state index contributed by atoms with van der Waals surface area (Å²) in [5.41, 5.74) is 2.15. The van der Waals surface area contributed by atoms with Gasteiger partial charge in [-0.25, -0.2) is 4.68 Å². The van der Waals surface area contributed by atoms with E-state index in [9.17, 15) is 4.79 Å². The Morgan fingerprint density at radius 1 is 1.28 bits per heavy atom. The van der Waals surface area contributed by atoms with E-state index in [4.69, 9.17) is 10.00 Å². The summed E-state index contributed by atoms with van der Waals surface area (Å²) in [4.78, 5) is 12.4. The Hall–Kier alpha value is -3.60. The van der Waals surface area contributed by atoms with E-state index < -0.39 is 5.91 Å². The summed E-state index contributed by atoms with van der Waals surface area (Å²) < 4.78 is 8.27. The van der Waals surface area contributed by atoms with Crippen molar-refractivity contribution in [2.75, 3.05) is 12.4 Å². The molecule has 0 unspecified atom stereocenters. The molecule has 2 heterocycles. The van der Waals surface area contributed by atoms with Gasteiger partial charge in [-0.3, -0.25) is 9.48 Å². The summed E-state index contributed by atoms with van der Waals surface area (Å²) >= 11 is 0. The summed E-state index contributed by atoms with van der Waals surface area (Å²) in [5.74, 6) is 0.530. The van der Waals surface area contributed by atoms with Crippen LogP contribution in [0.5, 0.6) is 5.75 Å². The number of ether oxygens (including phenoxy) is 1. The lowest BCUT2D eigenvalue weighted by molar-refractivity contribution is 0.102. The van der Waals surface area contributed by atoms with Gasteiger partial charge in [-0.2, -0.15) is 15.5 Å². The molecule has 8 nitrogen and oxygen atoms in total. The molecular formula is C17H16N6O2. The highest BCUT2D eigenvalue weighted by molar-refractivity contribution is 6.03. The first kappa shape index (κ1) is 16.3. The number of nitriles is 1. The number of hydrogen-bond acceptors (Lipinski definition) is 5. The maximum absolute atomic E-state index is 12.4. The number of rotatable bonds is 4. The minimum atomic E-state index is -0.425. The van der Waals surface area contributed by atoms with Crippen LogP contribution in [0.2, 0.25) is 0 Å². The fraction of sp³-hybridized carbons (Fsp3) is 0.176. The monoisotopic (exact) mass is 336 g/mol. The molecule has 25 heavy (non-hydrogen) atoms. The van der Waals surface area contributed by atoms with Gasteiger partial charge >= 0.3 is 0 Å². The number of carbonyl (C=O) groups excluding carboxylic acids is 1. The van der Waals surface area contributed by atoms with E-state index in [-0.39, 0.29) is 11.5 Å². The standard InChI is InChI=1S/C17H16N6O2/c1-11-8-15(17(24)19-16-12(9-18)10-22(2)21-16)20-23(11)13-4-6-14(25-3)7-5-13/h4-8,10H,1-3H3,(H,19,21,24). The van der Waals surface area contributed by atoms with E-state index in [1.807, 2.05) is 37.3 Å². The first-order valence-electron chi connectivity index (χ1n) is 7.48. The van der Waals surface area contributed by atoms with Crippen LogP contribution in [0.1, 0.15) is 21.7 Å². The van der Waals surface area contributed by atoms with Crippen molar-refractivity contribution >= 4 is 11.7 Å². The average Bonchev–Trinajstić information content (AvgIpc) is 3.17. The van der Waals surface area contributed by atoms with Crippen LogP contribution >= 0.6 is 0 Å². The molecule has 2 aromatic heterocycles. The number of nitrogens with zero attached hydrogens (tertiary/aromatic N) is 5. The maximum Gasteiger partial charge on any atom is 0.277 e. The lowest BCUT2D eigenvalue weighted by Gasteiger charge is -2.05. The summed E-state index contributed by atoms with van der Waals surface area (Å²) in [6.45, 7) is 1.86. The zero-order chi connectivity index (χ0) is 18.0. The highest BCUT2D eigenvalue weighted by Crippen LogP contribution is 2.18. The molecule has 8 heteroatoms. The van der Waals surface area contributed by atoms with E-state index in [1.54, 1.807) is 24.9 Å². The van der Waals surface area contributed by atoms with Crippen molar-refractivity contribution in [3.8, 4) is 17.5 Å². The molecule has 0 saturated carbocycles. The quantitative estimate of drug-likeness (QED) is 0.786. The van der Waals surface area contributed by atoms with Gasteiger partial charge < -0.3 is 10.1 Å². The highest BCUT2D eigenvalue weighted by atomic mass is 16.5. The van der Waals surface area contributed by atoms with Crippen LogP contribution in [-0.2, 0) is 7.05 Å². The number of methoxy groups -OCH3 is 1. The third kappa shape index (κ3) is 3.21. The van der Waals surface area contributed by atoms with E-state index in [2.05, 4.69) is 15.5 Å². The van der Waals surface area contributed by atoms with Gasteiger partial charge in [0.25, 0.3) is 5.91 Å². The third-order valence-electron chi connectivity index (χ3n) is 3.62. The van der Waals surface area contributed by atoms with Crippen molar-refractivity contribution in [2.24, 2.45) is 7.05 Å². The van der Waals surface area contributed by atoms with Gasteiger partial charge in [-0.15, -0.1) is 0 Å². The minimum Gasteiger partial charge on any atom is -0.497 e. The number of aryl methyl sites for hydroxylation is 2. The number of benzene rings is 1. The molecule has 0 aliphatic carbocycles. The van der Waals surface area contributed by atoms with Crippen molar-refractivity contribution in [2.45, 2.75) is 6.92 Å². The van der Waals surface area contributed by atoms with Crippen molar-refractivity contribution in [3.05, 3.63) is 53.5 Å². The van der Waals surface area contributed by atoms with Crippen LogP contribution in [0, 0.1) is 18.3 Å². The molecule has 3 rings (SSSR count). The summed E-state index contributed by atoms with van der Waals surface area (Å²) in [5, 5.41) is 20.1. The van der Waals surface area contributed by atoms with Crippen molar-refractivity contribution < 1.29 is 9.53 Å². The van der Waals surface area contributed by atoms with Gasteiger partial charge in [-0.05, 0) is 37.3 Å². The zero-order valence-corrected chi connectivity index (χ0v) is 14.0. The average molecular weight is 336 g/mol. The van der Waals surface area contributed by atoms with Crippen LogP contribution in [0.4, 0.5) is 5.82 Å². The van der Waals surface area contributed by atoms with Crippen molar-refractivity contribution in [1.82, 2.24) is 19.6 Å². The van der Waals surface area contributed by atoms with Gasteiger partial charge in [0.2, 0.25) is 0 Å². The third-order valence-corrected chi connectivity index (χ3v) is 3.62. The Balaban J connectivity index is 1.86. The highest BCUT2D eigenvalue weighted by Gasteiger charge is 2.17. The Kier molecular flexibility index (Phi) is 4.22. The molecule has 0 aliphatic rings. The second-order valence-corrected chi connectivity index (χ2v) is 5.41. The molecule has 126 valence electrons. The van der Waals surface area contributed by atoms with Crippen molar-refractivity contribution in [3.63, 3.8) is 0 Å². The van der Waals surface area contributed by atoms with Crippen LogP contribution in [0.25, 0.3) is 5.69 Å². The Morgan fingerprint density at radius 3 is 2.64 bits per heavy atom.